The number of carbonyl (C=O) groups excluding carboxylic acids is 3. The van der Waals surface area contributed by atoms with Gasteiger partial charge in [-0.3, -0.25) is 14.4 Å². The summed E-state index contributed by atoms with van der Waals surface area (Å²) >= 11 is 0. The number of nitrogens with zero attached hydrogens (tertiary/aromatic N) is 1. The number of Topliss-reactive ketones (excluding diaryl/α,β-unsaturated/α-hetero) is 1. The number of fused-ring (bicyclic) bond motifs is 1. The smallest absolute Gasteiger partial charge is 0.310 e. The molecule has 1 aromatic heterocycles. The lowest BCUT2D eigenvalue weighted by Crippen LogP contribution is -2.45. The Hall–Kier alpha value is -2.63. The second kappa shape index (κ2) is 6.86. The Morgan fingerprint density at radius 2 is 2.08 bits per heavy atom. The minimum Gasteiger partial charge on any atom is -0.466 e. The van der Waals surface area contributed by atoms with Gasteiger partial charge in [-0.15, -0.1) is 0 Å². The average Bonchev–Trinajstić information content (AvgIpc) is 3.05. The molecule has 3 rings (SSSR count). The number of aromatic amines is 1. The molecule has 2 aromatic rings. The molecule has 1 atom stereocenters. The Labute approximate surface area is 139 Å². The third-order valence-electron chi connectivity index (χ3n) is 4.36. The van der Waals surface area contributed by atoms with Gasteiger partial charge < -0.3 is 14.6 Å². The first kappa shape index (κ1) is 16.2. The number of likely N-dealkylation sites (tertiary alicyclic amines) is 1. The van der Waals surface area contributed by atoms with E-state index in [0.29, 0.717) is 31.6 Å². The molecule has 1 aliphatic heterocycles. The summed E-state index contributed by atoms with van der Waals surface area (Å²) in [6.07, 6.45) is 2.94. The highest BCUT2D eigenvalue weighted by Crippen LogP contribution is 2.22. The molecule has 1 aromatic carbocycles. The molecule has 0 bridgehead atoms. The number of para-hydroxylation sites is 1. The molecule has 1 N–H and O–H groups in total. The zero-order valence-electron chi connectivity index (χ0n) is 13.6. The Morgan fingerprint density at radius 3 is 2.88 bits per heavy atom. The van der Waals surface area contributed by atoms with Crippen molar-refractivity contribution in [2.75, 3.05) is 19.7 Å². The molecule has 1 fully saturated rings. The largest absolute Gasteiger partial charge is 0.466 e. The minimum atomic E-state index is -0.561. The number of rotatable bonds is 4. The Morgan fingerprint density at radius 1 is 1.29 bits per heavy atom. The molecule has 0 saturated carbocycles. The summed E-state index contributed by atoms with van der Waals surface area (Å²) in [6.45, 7) is 2.80. The fraction of sp³-hybridized carbons (Fsp3) is 0.389. The zero-order chi connectivity index (χ0) is 17.1. The van der Waals surface area contributed by atoms with E-state index in [4.69, 9.17) is 4.74 Å². The average molecular weight is 328 g/mol. The molecule has 0 radical (unpaired) electrons. The van der Waals surface area contributed by atoms with Crippen LogP contribution in [0.25, 0.3) is 10.9 Å². The third kappa shape index (κ3) is 3.04. The van der Waals surface area contributed by atoms with Gasteiger partial charge in [0.15, 0.2) is 0 Å². The van der Waals surface area contributed by atoms with Crippen LogP contribution in [0, 0.1) is 5.92 Å². The van der Waals surface area contributed by atoms with Crippen molar-refractivity contribution in [2.45, 2.75) is 19.8 Å². The van der Waals surface area contributed by atoms with Crippen molar-refractivity contribution in [1.82, 2.24) is 9.88 Å². The van der Waals surface area contributed by atoms with Crippen molar-refractivity contribution in [1.29, 1.82) is 0 Å². The molecule has 6 heteroatoms. The molecule has 1 saturated heterocycles. The van der Waals surface area contributed by atoms with E-state index < -0.39 is 11.7 Å². The quantitative estimate of drug-likeness (QED) is 0.530. The molecule has 1 amide bonds. The van der Waals surface area contributed by atoms with Crippen molar-refractivity contribution in [3.63, 3.8) is 0 Å². The molecule has 126 valence electrons. The van der Waals surface area contributed by atoms with Crippen LogP contribution < -0.4 is 0 Å². The first-order chi connectivity index (χ1) is 11.6. The van der Waals surface area contributed by atoms with Crippen molar-refractivity contribution in [3.8, 4) is 0 Å². The summed E-state index contributed by atoms with van der Waals surface area (Å²) in [5.74, 6) is -1.75. The van der Waals surface area contributed by atoms with Crippen LogP contribution >= 0.6 is 0 Å². The van der Waals surface area contributed by atoms with Gasteiger partial charge in [0.2, 0.25) is 0 Å². The van der Waals surface area contributed by atoms with E-state index in [1.807, 2.05) is 24.3 Å². The van der Waals surface area contributed by atoms with E-state index >= 15 is 0 Å². The zero-order valence-corrected chi connectivity index (χ0v) is 13.6. The molecule has 2 heterocycles. The number of ketones is 1. The maximum atomic E-state index is 12.6. The van der Waals surface area contributed by atoms with E-state index in [1.165, 1.54) is 4.90 Å². The van der Waals surface area contributed by atoms with E-state index in [-0.39, 0.29) is 18.4 Å². The Bertz CT molecular complexity index is 780. The topological polar surface area (TPSA) is 79.5 Å². The highest BCUT2D eigenvalue weighted by atomic mass is 16.5. The molecule has 0 spiro atoms. The Kier molecular flexibility index (Phi) is 4.64. The van der Waals surface area contributed by atoms with Crippen LogP contribution in [0.5, 0.6) is 0 Å². The molecule has 0 aliphatic carbocycles. The number of esters is 1. The van der Waals surface area contributed by atoms with Crippen LogP contribution in [-0.4, -0.2) is 47.2 Å². The van der Waals surface area contributed by atoms with Crippen LogP contribution in [0.4, 0.5) is 0 Å². The number of ether oxygens (including phenoxy) is 1. The number of nitrogens with one attached hydrogen (secondary N) is 1. The van der Waals surface area contributed by atoms with Crippen LogP contribution in [-0.2, 0) is 14.3 Å². The molecule has 24 heavy (non-hydrogen) atoms. The highest BCUT2D eigenvalue weighted by Gasteiger charge is 2.32. The first-order valence-corrected chi connectivity index (χ1v) is 8.18. The van der Waals surface area contributed by atoms with Crippen LogP contribution in [0.2, 0.25) is 0 Å². The summed E-state index contributed by atoms with van der Waals surface area (Å²) in [4.78, 5) is 41.5. The van der Waals surface area contributed by atoms with Gasteiger partial charge in [0.25, 0.3) is 11.7 Å². The molecule has 1 aliphatic rings. The second-order valence-electron chi connectivity index (χ2n) is 5.92. The molecular weight excluding hydrogens is 308 g/mol. The van der Waals surface area contributed by atoms with Crippen molar-refractivity contribution in [2.24, 2.45) is 5.92 Å². The summed E-state index contributed by atoms with van der Waals surface area (Å²) in [5.41, 5.74) is 1.19. The summed E-state index contributed by atoms with van der Waals surface area (Å²) in [6, 6.07) is 7.36. The molecular formula is C18H20N2O4. The number of amides is 1. The third-order valence-corrected chi connectivity index (χ3v) is 4.36. The summed E-state index contributed by atoms with van der Waals surface area (Å²) < 4.78 is 5.03. The monoisotopic (exact) mass is 328 g/mol. The lowest BCUT2D eigenvalue weighted by molar-refractivity contribution is -0.150. The van der Waals surface area contributed by atoms with E-state index in [2.05, 4.69) is 4.98 Å². The van der Waals surface area contributed by atoms with Crippen LogP contribution in [0.15, 0.2) is 30.5 Å². The predicted molar refractivity (Wildman–Crippen MR) is 88.6 cm³/mol. The van der Waals surface area contributed by atoms with Crippen molar-refractivity contribution >= 4 is 28.6 Å². The van der Waals surface area contributed by atoms with E-state index in [1.54, 1.807) is 13.1 Å². The number of carbonyl (C=O) groups is 3. The number of aromatic nitrogens is 1. The summed E-state index contributed by atoms with van der Waals surface area (Å²) in [7, 11) is 0. The van der Waals surface area contributed by atoms with Crippen molar-refractivity contribution < 1.29 is 19.1 Å². The number of hydrogen-bond donors (Lipinski definition) is 1. The van der Waals surface area contributed by atoms with Gasteiger partial charge in [0.05, 0.1) is 18.1 Å². The molecule has 1 unspecified atom stereocenters. The van der Waals surface area contributed by atoms with E-state index in [0.717, 1.165) is 10.9 Å². The Balaban J connectivity index is 1.76. The fourth-order valence-corrected chi connectivity index (χ4v) is 3.13. The van der Waals surface area contributed by atoms with Gasteiger partial charge in [-0.1, -0.05) is 18.2 Å². The summed E-state index contributed by atoms with van der Waals surface area (Å²) in [5, 5.41) is 0.731. The van der Waals surface area contributed by atoms with Gasteiger partial charge in [0.1, 0.15) is 0 Å². The lowest BCUT2D eigenvalue weighted by atomic mass is 9.97. The van der Waals surface area contributed by atoms with Gasteiger partial charge in [0, 0.05) is 30.2 Å². The predicted octanol–water partition coefficient (Wildman–Crippen LogP) is 2.15. The van der Waals surface area contributed by atoms with Crippen LogP contribution in [0.1, 0.15) is 30.1 Å². The lowest BCUT2D eigenvalue weighted by Gasteiger charge is -2.30. The SMILES string of the molecule is CCOC(=O)C1CCCN(C(=O)C(=O)c2c[nH]c3ccccc23)C1. The van der Waals surface area contributed by atoms with Crippen LogP contribution in [0.3, 0.4) is 0 Å². The van der Waals surface area contributed by atoms with Gasteiger partial charge >= 0.3 is 5.97 Å². The van der Waals surface area contributed by atoms with Crippen molar-refractivity contribution in [3.05, 3.63) is 36.0 Å². The number of H-pyrrole nitrogens is 1. The normalized spacial score (nSPS) is 17.7. The maximum Gasteiger partial charge on any atom is 0.310 e. The minimum absolute atomic E-state index is 0.242. The first-order valence-electron chi connectivity index (χ1n) is 8.18. The highest BCUT2D eigenvalue weighted by molar-refractivity contribution is 6.44. The number of piperidine rings is 1. The fourth-order valence-electron chi connectivity index (χ4n) is 3.13. The van der Waals surface area contributed by atoms with Gasteiger partial charge in [-0.05, 0) is 25.8 Å². The standard InChI is InChI=1S/C18H20N2O4/c1-2-24-18(23)12-6-5-9-20(11-12)17(22)16(21)14-10-19-15-8-4-3-7-13(14)15/h3-4,7-8,10,12,19H,2,5-6,9,11H2,1H3. The van der Waals surface area contributed by atoms with E-state index in [9.17, 15) is 14.4 Å². The van der Waals surface area contributed by atoms with Gasteiger partial charge in [-0.2, -0.15) is 0 Å². The molecule has 6 nitrogen and oxygen atoms in total. The van der Waals surface area contributed by atoms with Gasteiger partial charge in [-0.25, -0.2) is 0 Å². The maximum absolute atomic E-state index is 12.6. The number of benzene rings is 1. The number of hydrogen-bond acceptors (Lipinski definition) is 4. The second-order valence-corrected chi connectivity index (χ2v) is 5.92.